The van der Waals surface area contributed by atoms with Gasteiger partial charge in [0.15, 0.2) is 0 Å². The number of halogens is 1. The second-order valence-corrected chi connectivity index (χ2v) is 5.72. The second-order valence-electron chi connectivity index (χ2n) is 5.32. The Bertz CT molecular complexity index is 625. The zero-order valence-corrected chi connectivity index (χ0v) is 13.8. The molecular formula is C18H22ClNO. The number of ether oxygens (including phenoxy) is 1. The highest BCUT2D eigenvalue weighted by atomic mass is 35.5. The van der Waals surface area contributed by atoms with Crippen LogP contribution in [0.15, 0.2) is 36.4 Å². The predicted octanol–water partition coefficient (Wildman–Crippen LogP) is 4.47. The van der Waals surface area contributed by atoms with E-state index in [0.717, 1.165) is 22.8 Å². The van der Waals surface area contributed by atoms with Gasteiger partial charge in [0.05, 0.1) is 7.11 Å². The van der Waals surface area contributed by atoms with Gasteiger partial charge in [-0.15, -0.1) is 0 Å². The van der Waals surface area contributed by atoms with E-state index in [1.165, 1.54) is 16.7 Å². The zero-order valence-electron chi connectivity index (χ0n) is 13.0. The van der Waals surface area contributed by atoms with Crippen LogP contribution in [0.2, 0.25) is 5.02 Å². The van der Waals surface area contributed by atoms with Crippen molar-refractivity contribution in [2.45, 2.75) is 26.3 Å². The Kier molecular flexibility index (Phi) is 5.27. The first-order valence-electron chi connectivity index (χ1n) is 7.12. The summed E-state index contributed by atoms with van der Waals surface area (Å²) in [4.78, 5) is 0. The number of methoxy groups -OCH3 is 1. The molecule has 2 nitrogen and oxygen atoms in total. The van der Waals surface area contributed by atoms with Crippen molar-refractivity contribution in [1.82, 2.24) is 5.32 Å². The number of aryl methyl sites for hydroxylation is 2. The first-order valence-corrected chi connectivity index (χ1v) is 7.50. The first kappa shape index (κ1) is 15.9. The molecule has 21 heavy (non-hydrogen) atoms. The van der Waals surface area contributed by atoms with Crippen molar-refractivity contribution < 1.29 is 4.74 Å². The molecule has 0 aliphatic heterocycles. The minimum Gasteiger partial charge on any atom is -0.496 e. The van der Waals surface area contributed by atoms with Crippen LogP contribution in [0.4, 0.5) is 0 Å². The fourth-order valence-corrected chi connectivity index (χ4v) is 2.86. The number of para-hydroxylation sites is 1. The van der Waals surface area contributed by atoms with Crippen molar-refractivity contribution in [3.8, 4) is 5.75 Å². The molecule has 0 spiro atoms. The number of rotatable bonds is 5. The molecule has 0 saturated carbocycles. The molecule has 0 aromatic heterocycles. The summed E-state index contributed by atoms with van der Waals surface area (Å²) in [6.45, 7) is 4.15. The highest BCUT2D eigenvalue weighted by Crippen LogP contribution is 2.29. The summed E-state index contributed by atoms with van der Waals surface area (Å²) in [5.74, 6) is 0.932. The van der Waals surface area contributed by atoms with Crippen molar-refractivity contribution >= 4 is 11.6 Å². The molecular weight excluding hydrogens is 282 g/mol. The van der Waals surface area contributed by atoms with E-state index in [0.29, 0.717) is 0 Å². The largest absolute Gasteiger partial charge is 0.496 e. The van der Waals surface area contributed by atoms with Crippen LogP contribution in [0.3, 0.4) is 0 Å². The van der Waals surface area contributed by atoms with Gasteiger partial charge in [0.1, 0.15) is 5.75 Å². The van der Waals surface area contributed by atoms with E-state index in [1.54, 1.807) is 7.11 Å². The summed E-state index contributed by atoms with van der Waals surface area (Å²) >= 11 is 6.20. The Morgan fingerprint density at radius 1 is 1.14 bits per heavy atom. The molecule has 0 heterocycles. The van der Waals surface area contributed by atoms with Crippen molar-refractivity contribution in [1.29, 1.82) is 0 Å². The highest BCUT2D eigenvalue weighted by Gasteiger charge is 2.16. The number of likely N-dealkylation sites (N-methyl/N-ethyl adjacent to an activating group) is 1. The predicted molar refractivity (Wildman–Crippen MR) is 89.4 cm³/mol. The summed E-state index contributed by atoms with van der Waals surface area (Å²) in [6.07, 6.45) is 0.877. The molecule has 2 aromatic rings. The van der Waals surface area contributed by atoms with Gasteiger partial charge in [0, 0.05) is 11.1 Å². The lowest BCUT2D eigenvalue weighted by atomic mass is 9.93. The molecule has 0 fully saturated rings. The van der Waals surface area contributed by atoms with Crippen LogP contribution in [-0.4, -0.2) is 14.2 Å². The second kappa shape index (κ2) is 6.97. The fraction of sp³-hybridized carbons (Fsp3) is 0.333. The van der Waals surface area contributed by atoms with Gasteiger partial charge >= 0.3 is 0 Å². The van der Waals surface area contributed by atoms with Gasteiger partial charge in [0.2, 0.25) is 0 Å². The smallest absolute Gasteiger partial charge is 0.122 e. The lowest BCUT2D eigenvalue weighted by Crippen LogP contribution is -2.20. The van der Waals surface area contributed by atoms with Crippen molar-refractivity contribution in [2.75, 3.05) is 14.2 Å². The van der Waals surface area contributed by atoms with E-state index in [2.05, 4.69) is 24.4 Å². The summed E-state index contributed by atoms with van der Waals surface area (Å²) in [6, 6.07) is 12.6. The third kappa shape index (κ3) is 3.58. The average Bonchev–Trinajstić information content (AvgIpc) is 2.49. The molecule has 0 aliphatic carbocycles. The van der Waals surface area contributed by atoms with Gasteiger partial charge < -0.3 is 10.1 Å². The molecule has 0 radical (unpaired) electrons. The van der Waals surface area contributed by atoms with Crippen LogP contribution in [0, 0.1) is 13.8 Å². The van der Waals surface area contributed by atoms with Gasteiger partial charge in [-0.1, -0.05) is 35.9 Å². The van der Waals surface area contributed by atoms with Crippen LogP contribution >= 0.6 is 11.6 Å². The molecule has 1 unspecified atom stereocenters. The molecule has 2 aromatic carbocycles. The maximum atomic E-state index is 6.20. The van der Waals surface area contributed by atoms with Crippen molar-refractivity contribution in [3.63, 3.8) is 0 Å². The molecule has 112 valence electrons. The zero-order chi connectivity index (χ0) is 15.4. The van der Waals surface area contributed by atoms with Gasteiger partial charge in [-0.2, -0.15) is 0 Å². The van der Waals surface area contributed by atoms with Crippen LogP contribution in [0.5, 0.6) is 5.75 Å². The third-order valence-corrected chi connectivity index (χ3v) is 4.29. The fourth-order valence-electron chi connectivity index (χ4n) is 2.64. The molecule has 1 N–H and O–H groups in total. The molecule has 0 saturated heterocycles. The van der Waals surface area contributed by atoms with E-state index in [-0.39, 0.29) is 6.04 Å². The Hall–Kier alpha value is -1.51. The summed E-state index contributed by atoms with van der Waals surface area (Å²) in [5, 5.41) is 4.23. The summed E-state index contributed by atoms with van der Waals surface area (Å²) in [5.41, 5.74) is 4.80. The van der Waals surface area contributed by atoms with E-state index < -0.39 is 0 Å². The number of benzene rings is 2. The van der Waals surface area contributed by atoms with Crippen LogP contribution in [0.1, 0.15) is 28.3 Å². The third-order valence-electron chi connectivity index (χ3n) is 3.89. The standard InChI is InChI=1S/C18H22ClNO/c1-12-10-16(19)13(2)9-15(12)17(20-3)11-14-7-5-6-8-18(14)21-4/h5-10,17,20H,11H2,1-4H3. The van der Waals surface area contributed by atoms with E-state index in [4.69, 9.17) is 16.3 Å². The minimum absolute atomic E-state index is 0.234. The van der Waals surface area contributed by atoms with Gasteiger partial charge in [0.25, 0.3) is 0 Å². The molecule has 3 heteroatoms. The quantitative estimate of drug-likeness (QED) is 0.880. The van der Waals surface area contributed by atoms with E-state index in [1.807, 2.05) is 38.2 Å². The Morgan fingerprint density at radius 3 is 2.52 bits per heavy atom. The SMILES string of the molecule is CNC(Cc1ccccc1OC)c1cc(C)c(Cl)cc1C. The summed E-state index contributed by atoms with van der Waals surface area (Å²) < 4.78 is 5.45. The number of hydrogen-bond donors (Lipinski definition) is 1. The Morgan fingerprint density at radius 2 is 1.86 bits per heavy atom. The maximum Gasteiger partial charge on any atom is 0.122 e. The Balaban J connectivity index is 2.34. The van der Waals surface area contributed by atoms with Crippen LogP contribution in [0.25, 0.3) is 0 Å². The monoisotopic (exact) mass is 303 g/mol. The summed E-state index contributed by atoms with van der Waals surface area (Å²) in [7, 11) is 3.70. The highest BCUT2D eigenvalue weighted by molar-refractivity contribution is 6.31. The molecule has 0 aliphatic rings. The number of hydrogen-bond acceptors (Lipinski definition) is 2. The van der Waals surface area contributed by atoms with Crippen LogP contribution < -0.4 is 10.1 Å². The van der Waals surface area contributed by atoms with E-state index >= 15 is 0 Å². The Labute approximate surface area is 132 Å². The molecule has 0 bridgehead atoms. The lowest BCUT2D eigenvalue weighted by Gasteiger charge is -2.21. The topological polar surface area (TPSA) is 21.3 Å². The normalized spacial score (nSPS) is 12.2. The first-order chi connectivity index (χ1) is 10.1. The molecule has 1 atom stereocenters. The van der Waals surface area contributed by atoms with Gasteiger partial charge in [-0.25, -0.2) is 0 Å². The molecule has 2 rings (SSSR count). The average molecular weight is 304 g/mol. The number of nitrogens with one attached hydrogen (secondary N) is 1. The van der Waals surface area contributed by atoms with E-state index in [9.17, 15) is 0 Å². The lowest BCUT2D eigenvalue weighted by molar-refractivity contribution is 0.406. The van der Waals surface area contributed by atoms with Crippen molar-refractivity contribution in [3.05, 3.63) is 63.7 Å². The van der Waals surface area contributed by atoms with Gasteiger partial charge in [-0.05, 0) is 61.7 Å². The minimum atomic E-state index is 0.234. The molecule has 0 amide bonds. The maximum absolute atomic E-state index is 6.20. The van der Waals surface area contributed by atoms with Crippen molar-refractivity contribution in [2.24, 2.45) is 0 Å². The van der Waals surface area contributed by atoms with Gasteiger partial charge in [-0.3, -0.25) is 0 Å². The van der Waals surface area contributed by atoms with Crippen LogP contribution in [-0.2, 0) is 6.42 Å².